The number of unbranched alkanes of at least 4 members (excludes halogenated alkanes) is 1. The molecule has 4 aliphatic rings. The van der Waals surface area contributed by atoms with Crippen LogP contribution in [0.2, 0.25) is 0 Å². The predicted octanol–water partition coefficient (Wildman–Crippen LogP) is 2.06. The van der Waals surface area contributed by atoms with Crippen molar-refractivity contribution in [2.45, 2.75) is 68.5 Å². The van der Waals surface area contributed by atoms with Gasteiger partial charge in [-0.3, -0.25) is 14.4 Å². The van der Waals surface area contributed by atoms with Gasteiger partial charge in [0.15, 0.2) is 0 Å². The van der Waals surface area contributed by atoms with Gasteiger partial charge in [0.2, 0.25) is 17.7 Å². The maximum Gasteiger partial charge on any atom is 0.247 e. The second-order valence-electron chi connectivity index (χ2n) is 10.5. The lowest BCUT2D eigenvalue weighted by atomic mass is 9.78. The Morgan fingerprint density at radius 2 is 1.82 bits per heavy atom. The Labute approximate surface area is 201 Å². The number of carbonyl (C=O) groups excluding carboxylic acids is 3. The van der Waals surface area contributed by atoms with Crippen molar-refractivity contribution in [2.24, 2.45) is 11.8 Å². The maximum atomic E-state index is 14.0. The van der Waals surface area contributed by atoms with Crippen LogP contribution in [0.5, 0.6) is 0 Å². The number of hydrogen-bond donors (Lipinski definition) is 1. The van der Waals surface area contributed by atoms with Gasteiger partial charge in [-0.25, -0.2) is 0 Å². The normalized spacial score (nSPS) is 33.8. The van der Waals surface area contributed by atoms with Crippen LogP contribution in [0.4, 0.5) is 0 Å². The summed E-state index contributed by atoms with van der Waals surface area (Å²) in [4.78, 5) is 47.2. The van der Waals surface area contributed by atoms with Gasteiger partial charge in [0, 0.05) is 43.6 Å². The molecule has 4 rings (SSSR count). The minimum Gasteiger partial charge on any atom is -0.396 e. The molecular formula is C25H37N3O4S. The summed E-state index contributed by atoms with van der Waals surface area (Å²) in [5.74, 6) is -1.12. The molecule has 4 heterocycles. The molecule has 182 valence electrons. The van der Waals surface area contributed by atoms with E-state index in [9.17, 15) is 19.5 Å². The molecule has 0 aromatic rings. The number of rotatable bonds is 6. The SMILES string of the molecule is CCCN1CC=C[C@@H]2S[C@]34C=CCN(C(C)(C)C)C(=O)C3N(CCCCO)C(=O)[C@@H]4[C@@H]2C1=O. The van der Waals surface area contributed by atoms with E-state index < -0.39 is 22.6 Å². The molecule has 0 aromatic carbocycles. The van der Waals surface area contributed by atoms with Crippen LogP contribution in [0.3, 0.4) is 0 Å². The summed E-state index contributed by atoms with van der Waals surface area (Å²) in [5, 5.41) is 9.18. The standard InChI is InChI=1S/C25H37N3O4S/c1-5-12-26-13-8-10-17-18(21(26)30)19-22(31)27(14-6-7-16-29)20-23(32)28(24(2,3)4)15-9-11-25(19,20)33-17/h8-11,17-20,29H,5-7,12-16H2,1-4H3/t17-,18+,19-,20?,25-/m0/s1. The third-order valence-electron chi connectivity index (χ3n) is 7.35. The topological polar surface area (TPSA) is 81.2 Å². The van der Waals surface area contributed by atoms with Crippen LogP contribution in [-0.4, -0.2) is 91.9 Å². The van der Waals surface area contributed by atoms with Crippen LogP contribution in [0.15, 0.2) is 24.3 Å². The maximum absolute atomic E-state index is 14.0. The summed E-state index contributed by atoms with van der Waals surface area (Å²) >= 11 is 1.63. The molecule has 0 aromatic heterocycles. The second-order valence-corrected chi connectivity index (χ2v) is 12.0. The predicted molar refractivity (Wildman–Crippen MR) is 130 cm³/mol. The van der Waals surface area contributed by atoms with Gasteiger partial charge in [-0.1, -0.05) is 31.2 Å². The van der Waals surface area contributed by atoms with Crippen molar-refractivity contribution in [1.82, 2.24) is 14.7 Å². The van der Waals surface area contributed by atoms with E-state index in [0.29, 0.717) is 39.0 Å². The van der Waals surface area contributed by atoms with Gasteiger partial charge in [0.05, 0.1) is 16.6 Å². The van der Waals surface area contributed by atoms with E-state index in [0.717, 1.165) is 6.42 Å². The highest BCUT2D eigenvalue weighted by atomic mass is 32.2. The Morgan fingerprint density at radius 3 is 2.48 bits per heavy atom. The Bertz CT molecular complexity index is 866. The fourth-order valence-electron chi connectivity index (χ4n) is 5.90. The molecule has 2 saturated heterocycles. The van der Waals surface area contributed by atoms with Gasteiger partial charge in [-0.15, -0.1) is 11.8 Å². The van der Waals surface area contributed by atoms with Crippen molar-refractivity contribution < 1.29 is 19.5 Å². The fraction of sp³-hybridized carbons (Fsp3) is 0.720. The largest absolute Gasteiger partial charge is 0.396 e. The zero-order valence-corrected chi connectivity index (χ0v) is 21.0. The molecular weight excluding hydrogens is 438 g/mol. The lowest BCUT2D eigenvalue weighted by Gasteiger charge is -2.40. The van der Waals surface area contributed by atoms with Gasteiger partial charge in [0.1, 0.15) is 6.04 Å². The smallest absolute Gasteiger partial charge is 0.247 e. The molecule has 7 nitrogen and oxygen atoms in total. The molecule has 1 N–H and O–H groups in total. The number of thioether (sulfide) groups is 1. The third kappa shape index (κ3) is 3.93. The van der Waals surface area contributed by atoms with Crippen molar-refractivity contribution in [1.29, 1.82) is 0 Å². The van der Waals surface area contributed by atoms with Crippen LogP contribution in [-0.2, 0) is 14.4 Å². The van der Waals surface area contributed by atoms with Gasteiger partial charge < -0.3 is 19.8 Å². The van der Waals surface area contributed by atoms with E-state index in [2.05, 4.69) is 19.1 Å². The zero-order chi connectivity index (χ0) is 24.0. The van der Waals surface area contributed by atoms with Crippen LogP contribution in [0.1, 0.15) is 47.0 Å². The average Bonchev–Trinajstić information content (AvgIpc) is 3.05. The van der Waals surface area contributed by atoms with Crippen LogP contribution < -0.4 is 0 Å². The molecule has 33 heavy (non-hydrogen) atoms. The van der Waals surface area contributed by atoms with E-state index in [1.165, 1.54) is 0 Å². The van der Waals surface area contributed by atoms with E-state index in [1.54, 1.807) is 16.7 Å². The summed E-state index contributed by atoms with van der Waals surface area (Å²) in [6.07, 6.45) is 10.3. The molecule has 0 bridgehead atoms. The molecule has 1 spiro atoms. The lowest BCUT2D eigenvalue weighted by Crippen LogP contribution is -2.57. The molecule has 5 atom stereocenters. The van der Waals surface area contributed by atoms with Crippen molar-refractivity contribution in [3.63, 3.8) is 0 Å². The van der Waals surface area contributed by atoms with Gasteiger partial charge >= 0.3 is 0 Å². The van der Waals surface area contributed by atoms with E-state index in [-0.39, 0.29) is 35.1 Å². The number of aliphatic hydroxyl groups is 1. The Hall–Kier alpha value is -1.80. The Morgan fingerprint density at radius 1 is 1.06 bits per heavy atom. The molecule has 8 heteroatoms. The second kappa shape index (κ2) is 9.10. The summed E-state index contributed by atoms with van der Waals surface area (Å²) < 4.78 is -0.752. The van der Waals surface area contributed by atoms with E-state index in [1.807, 2.05) is 42.7 Å². The number of hydrogen-bond acceptors (Lipinski definition) is 5. The molecule has 0 radical (unpaired) electrons. The van der Waals surface area contributed by atoms with Crippen molar-refractivity contribution in [3.8, 4) is 0 Å². The summed E-state index contributed by atoms with van der Waals surface area (Å²) in [6.45, 7) is 10.3. The first kappa shape index (κ1) is 24.3. The first-order valence-corrected chi connectivity index (χ1v) is 13.1. The van der Waals surface area contributed by atoms with Crippen LogP contribution in [0.25, 0.3) is 0 Å². The molecule has 4 aliphatic heterocycles. The average molecular weight is 476 g/mol. The summed E-state index contributed by atoms with van der Waals surface area (Å²) in [6, 6.07) is -0.635. The van der Waals surface area contributed by atoms with Crippen LogP contribution in [0, 0.1) is 11.8 Å². The van der Waals surface area contributed by atoms with Gasteiger partial charge in [-0.05, 0) is 40.0 Å². The zero-order valence-electron chi connectivity index (χ0n) is 20.2. The first-order valence-electron chi connectivity index (χ1n) is 12.2. The minimum atomic E-state index is -0.752. The first-order chi connectivity index (χ1) is 15.7. The number of nitrogens with zero attached hydrogens (tertiary/aromatic N) is 3. The quantitative estimate of drug-likeness (QED) is 0.470. The van der Waals surface area contributed by atoms with Crippen LogP contribution >= 0.6 is 11.8 Å². The minimum absolute atomic E-state index is 0.0308. The number of likely N-dealkylation sites (tertiary alicyclic amines) is 1. The fourth-order valence-corrected chi connectivity index (χ4v) is 7.90. The van der Waals surface area contributed by atoms with Crippen molar-refractivity contribution >= 4 is 29.5 Å². The highest BCUT2D eigenvalue weighted by Crippen LogP contribution is 2.61. The number of amides is 3. The highest BCUT2D eigenvalue weighted by molar-refractivity contribution is 8.02. The monoisotopic (exact) mass is 475 g/mol. The summed E-state index contributed by atoms with van der Waals surface area (Å²) in [7, 11) is 0. The van der Waals surface area contributed by atoms with E-state index >= 15 is 0 Å². The third-order valence-corrected chi connectivity index (χ3v) is 9.10. The number of fused-ring (bicyclic) bond motifs is 2. The lowest BCUT2D eigenvalue weighted by molar-refractivity contribution is -0.146. The molecule has 0 saturated carbocycles. The van der Waals surface area contributed by atoms with E-state index in [4.69, 9.17) is 0 Å². The Balaban J connectivity index is 1.79. The van der Waals surface area contributed by atoms with Gasteiger partial charge in [0.25, 0.3) is 0 Å². The number of carbonyl (C=O) groups is 3. The van der Waals surface area contributed by atoms with Crippen molar-refractivity contribution in [3.05, 3.63) is 24.3 Å². The summed E-state index contributed by atoms with van der Waals surface area (Å²) in [5.41, 5.74) is -0.383. The molecule has 1 unspecified atom stereocenters. The molecule has 3 amide bonds. The highest BCUT2D eigenvalue weighted by Gasteiger charge is 2.71. The number of aliphatic hydroxyl groups excluding tert-OH is 1. The molecule has 0 aliphatic carbocycles. The Kier molecular flexibility index (Phi) is 6.71. The van der Waals surface area contributed by atoms with Crippen molar-refractivity contribution in [2.75, 3.05) is 32.8 Å². The van der Waals surface area contributed by atoms with Gasteiger partial charge in [-0.2, -0.15) is 0 Å². The molecule has 2 fully saturated rings.